The van der Waals surface area contributed by atoms with Crippen LogP contribution in [0, 0.1) is 43.4 Å². The van der Waals surface area contributed by atoms with Crippen molar-refractivity contribution in [2.75, 3.05) is 9.80 Å². The van der Waals surface area contributed by atoms with Crippen LogP contribution in [0.2, 0.25) is 0 Å². The van der Waals surface area contributed by atoms with Gasteiger partial charge in [-0.25, -0.2) is 4.48 Å². The third kappa shape index (κ3) is 10.5. The van der Waals surface area contributed by atoms with Crippen LogP contribution in [0.5, 0.6) is 0 Å². The van der Waals surface area contributed by atoms with Gasteiger partial charge in [-0.3, -0.25) is 13.3 Å². The maximum Gasteiger partial charge on any atom is 0.727 e. The Balaban J connectivity index is 0.599. The van der Waals surface area contributed by atoms with Crippen LogP contribution in [0.3, 0.4) is 0 Å². The molecule has 104 heavy (non-hydrogen) atoms. The second kappa shape index (κ2) is 24.7. The van der Waals surface area contributed by atoms with E-state index >= 15 is 4.32 Å². The molecule has 0 unspecified atom stereocenters. The van der Waals surface area contributed by atoms with Gasteiger partial charge < -0.3 is 14.3 Å². The zero-order chi connectivity index (χ0) is 70.6. The van der Waals surface area contributed by atoms with E-state index in [1.165, 1.54) is 17.2 Å². The molecule has 18 rings (SSSR count). The first-order chi connectivity index (χ1) is 50.7. The summed E-state index contributed by atoms with van der Waals surface area (Å²) in [5.74, 6) is 1.22. The Bertz CT molecular complexity index is 6440. The highest BCUT2D eigenvalue weighted by atomic mass is 19.4. The lowest BCUT2D eigenvalue weighted by Crippen LogP contribution is -2.58. The van der Waals surface area contributed by atoms with Gasteiger partial charge in [-0.1, -0.05) is 163 Å². The number of allylic oxidation sites excluding steroid dienone is 2. The largest absolute Gasteiger partial charge is 0.727 e. The first-order valence-corrected chi connectivity index (χ1v) is 34.2. The molecule has 0 saturated carbocycles. The zero-order valence-electron chi connectivity index (χ0n) is 56.4. The standard InChI is InChI=1S/C88H57B2F4N10/c1-54-20-40-69(56(3)48-54)70-44-45-81-85-73(70)16-10-18-75(85)87-98-83-47-31-62(53-100(83)90(94)104(81)87)58-24-34-66(35-25-58)102(64-14-8-5-9-15-64)68-38-28-60(29-39-68)78(51-96)77(50-95)59-26-36-67(37-27-59)101(63-12-6-4-7-13-63)65-32-22-57(23-33-65)61-30-46-82-97-86-76-43-42-71(72-41-21-55(2)49-79(72)88(91,92)93)74-17-11-19-80(84(74)76)103(86)89-99(82)52-61/h4-49,52-53H,1-3H3/q+2/b78-77+. The predicted octanol–water partition coefficient (Wildman–Crippen LogP) is 20.2. The SMILES string of the molecule is Cc1ccc(-c2ccc3c4c2cccc4c2n3B(F)[n+]3cc(-c4ccc(N(c5ccccc5)c5ccc(/C(C#N)=C(\C#N)c6ccc(N(c7ccccc7)c7ccc(-c8ccc9[n+](c8)[B]n8c(c%10ccc(-c%11ccc(C)cc%11C(F)(F)F)c%11cccc8c%11%10)=N9)cc7)cc6)cc5)cc4)ccc3N=2)c(C)c1. The minimum atomic E-state index is -4.53. The Kier molecular flexibility index (Phi) is 14.9. The second-order valence-corrected chi connectivity index (χ2v) is 26.5. The number of halogens is 4. The summed E-state index contributed by atoms with van der Waals surface area (Å²) in [6.07, 6.45) is -0.661. The lowest BCUT2D eigenvalue weighted by atomic mass is 9.92. The van der Waals surface area contributed by atoms with E-state index in [2.05, 4.69) is 90.4 Å². The fraction of sp³-hybridized carbons (Fsp3) is 0.0455. The molecule has 0 bridgehead atoms. The molecule has 2 aliphatic heterocycles. The zero-order valence-corrected chi connectivity index (χ0v) is 56.4. The molecule has 0 fully saturated rings. The summed E-state index contributed by atoms with van der Waals surface area (Å²) in [5, 5.41) is 27.1. The Labute approximate surface area is 596 Å². The molecule has 0 amide bonds. The summed E-state index contributed by atoms with van der Waals surface area (Å²) in [4.78, 5) is 14.5. The Morgan fingerprint density at radius 2 is 0.894 bits per heavy atom. The number of nitrogens with zero attached hydrogens (tertiary/aromatic N) is 10. The molecule has 2 aliphatic rings. The molecule has 16 aromatic rings. The van der Waals surface area contributed by atoms with Crippen molar-refractivity contribution in [3.8, 4) is 56.6 Å². The van der Waals surface area contributed by atoms with Gasteiger partial charge in [-0.15, -0.1) is 0 Å². The van der Waals surface area contributed by atoms with Crippen molar-refractivity contribution in [1.29, 1.82) is 10.5 Å². The number of rotatable bonds is 12. The summed E-state index contributed by atoms with van der Waals surface area (Å²) in [6, 6.07) is 95.1. The third-order valence-electron chi connectivity index (χ3n) is 20.2. The number of para-hydroxylation sites is 2. The van der Waals surface area contributed by atoms with Crippen molar-refractivity contribution in [2.24, 2.45) is 9.98 Å². The van der Waals surface area contributed by atoms with Crippen molar-refractivity contribution >= 4 is 115 Å². The van der Waals surface area contributed by atoms with E-state index < -0.39 is 19.0 Å². The predicted molar refractivity (Wildman–Crippen MR) is 408 cm³/mol. The number of fused-ring (bicyclic) bond motifs is 8. The molecule has 12 aromatic carbocycles. The average molecular weight is 1350 g/mol. The first-order valence-electron chi connectivity index (χ1n) is 34.2. The normalized spacial score (nSPS) is 12.5. The monoisotopic (exact) mass is 1350 g/mol. The van der Waals surface area contributed by atoms with Crippen LogP contribution in [-0.4, -0.2) is 23.8 Å². The van der Waals surface area contributed by atoms with E-state index in [4.69, 9.17) is 9.98 Å². The second-order valence-electron chi connectivity index (χ2n) is 26.5. The van der Waals surface area contributed by atoms with Gasteiger partial charge in [0.2, 0.25) is 11.0 Å². The van der Waals surface area contributed by atoms with E-state index in [0.717, 1.165) is 105 Å². The van der Waals surface area contributed by atoms with Crippen LogP contribution in [0.4, 0.5) is 63.2 Å². The maximum atomic E-state index is 17.3. The topological polar surface area (TPSA) is 96.4 Å². The average Bonchev–Trinajstić information content (AvgIpc) is 1.56. The van der Waals surface area contributed by atoms with Gasteiger partial charge in [0.25, 0.3) is 0 Å². The number of benzene rings is 12. The molecule has 0 saturated heterocycles. The van der Waals surface area contributed by atoms with Crippen molar-refractivity contribution < 1.29 is 26.4 Å². The van der Waals surface area contributed by atoms with Gasteiger partial charge in [0, 0.05) is 79.2 Å². The molecule has 0 aliphatic carbocycles. The summed E-state index contributed by atoms with van der Waals surface area (Å²) < 4.78 is 68.1. The highest BCUT2D eigenvalue weighted by molar-refractivity contribution is 6.42. The van der Waals surface area contributed by atoms with Crippen molar-refractivity contribution in [1.82, 2.24) is 8.96 Å². The van der Waals surface area contributed by atoms with Crippen molar-refractivity contribution in [3.05, 3.63) is 336 Å². The van der Waals surface area contributed by atoms with Gasteiger partial charge >= 0.3 is 32.6 Å². The van der Waals surface area contributed by atoms with Gasteiger partial charge in [0.05, 0.1) is 39.9 Å². The van der Waals surface area contributed by atoms with Crippen LogP contribution < -0.4 is 29.7 Å². The smallest absolute Gasteiger partial charge is 0.311 e. The van der Waals surface area contributed by atoms with E-state index in [9.17, 15) is 23.7 Å². The summed E-state index contributed by atoms with van der Waals surface area (Å²) in [7, 11) is 0.429. The molecule has 491 valence electrons. The molecular formula is C88H57B2F4N10+2. The van der Waals surface area contributed by atoms with E-state index in [0.29, 0.717) is 50.3 Å². The number of hydrogen-bond acceptors (Lipinski definition) is 6. The summed E-state index contributed by atoms with van der Waals surface area (Å²) in [6.45, 7) is 5.90. The van der Waals surface area contributed by atoms with Gasteiger partial charge in [0.15, 0.2) is 0 Å². The van der Waals surface area contributed by atoms with E-state index in [1.54, 1.807) is 34.1 Å². The highest BCUT2D eigenvalue weighted by Crippen LogP contribution is 2.45. The molecule has 16 heteroatoms. The summed E-state index contributed by atoms with van der Waals surface area (Å²) >= 11 is 0. The maximum absolute atomic E-state index is 17.3. The fourth-order valence-electron chi connectivity index (χ4n) is 15.3. The third-order valence-corrected chi connectivity index (χ3v) is 20.2. The van der Waals surface area contributed by atoms with Gasteiger partial charge in [0.1, 0.15) is 12.1 Å². The number of alkyl halides is 3. The number of nitriles is 2. The van der Waals surface area contributed by atoms with Crippen LogP contribution in [0.15, 0.2) is 301 Å². The molecule has 10 nitrogen and oxygen atoms in total. The number of pyridine rings is 2. The van der Waals surface area contributed by atoms with Gasteiger partial charge in [-0.2, -0.15) is 23.7 Å². The fourth-order valence-corrected chi connectivity index (χ4v) is 15.3. The minimum absolute atomic E-state index is 0.137. The van der Waals surface area contributed by atoms with Crippen LogP contribution >= 0.6 is 0 Å². The van der Waals surface area contributed by atoms with E-state index in [1.807, 2.05) is 229 Å². The number of aryl methyl sites for hydroxylation is 3. The van der Waals surface area contributed by atoms with E-state index in [-0.39, 0.29) is 16.7 Å². The highest BCUT2D eigenvalue weighted by Gasteiger charge is 2.41. The summed E-state index contributed by atoms with van der Waals surface area (Å²) in [5.41, 5.74) is 18.6. The molecule has 0 atom stereocenters. The molecule has 4 aromatic heterocycles. The number of hydrogen-bond donors (Lipinski definition) is 0. The first kappa shape index (κ1) is 62.8. The van der Waals surface area contributed by atoms with Crippen LogP contribution in [0.25, 0.3) is 99.0 Å². The quantitative estimate of drug-likeness (QED) is 0.0527. The van der Waals surface area contributed by atoms with Crippen LogP contribution in [-0.2, 0) is 6.18 Å². The van der Waals surface area contributed by atoms with Crippen molar-refractivity contribution in [3.63, 3.8) is 0 Å². The molecule has 6 heterocycles. The Morgan fingerprint density at radius 3 is 1.47 bits per heavy atom. The molecule has 0 spiro atoms. The lowest BCUT2D eigenvalue weighted by molar-refractivity contribution is -0.535. The Hall–Kier alpha value is -13.4. The minimum Gasteiger partial charge on any atom is -0.311 e. The number of aromatic nitrogens is 4. The molecule has 1 radical (unpaired) electrons. The Morgan fingerprint density at radius 1 is 0.433 bits per heavy atom. The lowest BCUT2D eigenvalue weighted by Gasteiger charge is -2.26. The van der Waals surface area contributed by atoms with Crippen LogP contribution in [0.1, 0.15) is 33.4 Å². The van der Waals surface area contributed by atoms with Crippen molar-refractivity contribution in [2.45, 2.75) is 26.9 Å². The number of anilines is 6. The molecule has 0 N–H and O–H groups in total. The molecular weight excluding hydrogens is 1290 g/mol. The van der Waals surface area contributed by atoms with Gasteiger partial charge in [-0.05, 0) is 207 Å².